The Morgan fingerprint density at radius 1 is 1.00 bits per heavy atom. The number of sulfonamides is 1. The van der Waals surface area contributed by atoms with E-state index < -0.39 is 21.8 Å². The predicted molar refractivity (Wildman–Crippen MR) is 90.9 cm³/mol. The van der Waals surface area contributed by atoms with Crippen LogP contribution in [0.15, 0.2) is 65.6 Å². The van der Waals surface area contributed by atoms with Crippen LogP contribution in [0.4, 0.5) is 19.0 Å². The molecule has 0 saturated heterocycles. The Kier molecular flexibility index (Phi) is 4.49. The molecule has 0 aliphatic rings. The van der Waals surface area contributed by atoms with Crippen LogP contribution in [0.1, 0.15) is 5.56 Å². The van der Waals surface area contributed by atoms with Gasteiger partial charge in [0.15, 0.2) is 0 Å². The Bertz CT molecular complexity index is 1010. The molecule has 1 N–H and O–H groups in total. The largest absolute Gasteiger partial charge is 0.416 e. The number of hydrogen-bond donors (Lipinski definition) is 1. The van der Waals surface area contributed by atoms with Crippen molar-refractivity contribution in [2.45, 2.75) is 11.1 Å². The number of hydrogen-bond acceptors (Lipinski definition) is 3. The number of halogens is 3. The van der Waals surface area contributed by atoms with Gasteiger partial charge in [0.05, 0.1) is 16.2 Å². The molecule has 0 bridgehead atoms. The van der Waals surface area contributed by atoms with E-state index in [0.717, 1.165) is 29.8 Å². The molecule has 3 rings (SSSR count). The highest BCUT2D eigenvalue weighted by Gasteiger charge is 2.30. The number of nitrogens with one attached hydrogen (secondary N) is 1. The summed E-state index contributed by atoms with van der Waals surface area (Å²) in [6.07, 6.45) is -4.53. The average Bonchev–Trinajstić information content (AvgIpc) is 2.95. The van der Waals surface area contributed by atoms with E-state index in [-0.39, 0.29) is 10.7 Å². The van der Waals surface area contributed by atoms with Gasteiger partial charge in [-0.25, -0.2) is 8.42 Å². The molecule has 0 saturated carbocycles. The SMILES string of the molecule is Cn1nc(-c2ccccc2)cc1NS(=O)(=O)c1ccc(C(F)(F)F)cc1. The minimum atomic E-state index is -4.53. The molecule has 0 spiro atoms. The molecule has 0 aliphatic heterocycles. The second-order valence-electron chi connectivity index (χ2n) is 5.53. The molecular formula is C17H14F3N3O2S. The number of aryl methyl sites for hydroxylation is 1. The predicted octanol–water partition coefficient (Wildman–Crippen LogP) is 3.91. The van der Waals surface area contributed by atoms with Gasteiger partial charge in [0, 0.05) is 18.7 Å². The summed E-state index contributed by atoms with van der Waals surface area (Å²) < 4.78 is 66.4. The van der Waals surface area contributed by atoms with Gasteiger partial charge in [-0.2, -0.15) is 18.3 Å². The maximum Gasteiger partial charge on any atom is 0.416 e. The lowest BCUT2D eigenvalue weighted by Crippen LogP contribution is -2.15. The van der Waals surface area contributed by atoms with Gasteiger partial charge < -0.3 is 0 Å². The van der Waals surface area contributed by atoms with Gasteiger partial charge in [-0.15, -0.1) is 0 Å². The molecule has 0 radical (unpaired) electrons. The smallest absolute Gasteiger partial charge is 0.264 e. The highest BCUT2D eigenvalue weighted by atomic mass is 32.2. The van der Waals surface area contributed by atoms with Crippen LogP contribution in [0.25, 0.3) is 11.3 Å². The number of nitrogens with zero attached hydrogens (tertiary/aromatic N) is 2. The van der Waals surface area contributed by atoms with Gasteiger partial charge in [-0.05, 0) is 24.3 Å². The van der Waals surface area contributed by atoms with Crippen molar-refractivity contribution in [2.24, 2.45) is 7.05 Å². The molecule has 5 nitrogen and oxygen atoms in total. The van der Waals surface area contributed by atoms with E-state index in [1.165, 1.54) is 4.68 Å². The van der Waals surface area contributed by atoms with Crippen LogP contribution in [-0.4, -0.2) is 18.2 Å². The Morgan fingerprint density at radius 2 is 1.62 bits per heavy atom. The van der Waals surface area contributed by atoms with Gasteiger partial charge in [0.2, 0.25) is 0 Å². The summed E-state index contributed by atoms with van der Waals surface area (Å²) in [5.41, 5.74) is 0.463. The van der Waals surface area contributed by atoms with Crippen LogP contribution >= 0.6 is 0 Å². The Balaban J connectivity index is 1.87. The summed E-state index contributed by atoms with van der Waals surface area (Å²) in [5, 5.41) is 4.25. The van der Waals surface area contributed by atoms with Gasteiger partial charge in [0.25, 0.3) is 10.0 Å². The monoisotopic (exact) mass is 381 g/mol. The molecule has 26 heavy (non-hydrogen) atoms. The molecule has 136 valence electrons. The number of aromatic nitrogens is 2. The van der Waals surface area contributed by atoms with Gasteiger partial charge in [0.1, 0.15) is 5.82 Å². The molecule has 0 fully saturated rings. The van der Waals surface area contributed by atoms with Crippen molar-refractivity contribution in [3.8, 4) is 11.3 Å². The molecule has 2 aromatic carbocycles. The third-order valence-electron chi connectivity index (χ3n) is 3.68. The van der Waals surface area contributed by atoms with Crippen molar-refractivity contribution in [3.05, 3.63) is 66.2 Å². The zero-order valence-electron chi connectivity index (χ0n) is 13.5. The minimum Gasteiger partial charge on any atom is -0.264 e. The average molecular weight is 381 g/mol. The maximum atomic E-state index is 12.6. The van der Waals surface area contributed by atoms with Crippen molar-refractivity contribution in [1.29, 1.82) is 0 Å². The van der Waals surface area contributed by atoms with E-state index in [4.69, 9.17) is 0 Å². The fraction of sp³-hybridized carbons (Fsp3) is 0.118. The van der Waals surface area contributed by atoms with Crippen LogP contribution < -0.4 is 4.72 Å². The number of alkyl halides is 3. The van der Waals surface area contributed by atoms with Crippen molar-refractivity contribution in [3.63, 3.8) is 0 Å². The fourth-order valence-corrected chi connectivity index (χ4v) is 3.41. The molecule has 3 aromatic rings. The van der Waals surface area contributed by atoms with Crippen LogP contribution in [-0.2, 0) is 23.2 Å². The van der Waals surface area contributed by atoms with Crippen molar-refractivity contribution >= 4 is 15.8 Å². The molecule has 0 amide bonds. The molecule has 0 unspecified atom stereocenters. The summed E-state index contributed by atoms with van der Waals surface area (Å²) in [6.45, 7) is 0. The van der Waals surface area contributed by atoms with E-state index >= 15 is 0 Å². The molecule has 9 heteroatoms. The summed E-state index contributed by atoms with van der Waals surface area (Å²) in [5.74, 6) is 0.198. The first-order chi connectivity index (χ1) is 12.2. The van der Waals surface area contributed by atoms with Crippen LogP contribution in [0.5, 0.6) is 0 Å². The Morgan fingerprint density at radius 3 is 2.19 bits per heavy atom. The van der Waals surface area contributed by atoms with Gasteiger partial charge >= 0.3 is 6.18 Å². The molecule has 1 heterocycles. The second-order valence-corrected chi connectivity index (χ2v) is 7.21. The molecule has 0 aliphatic carbocycles. The standard InChI is InChI=1S/C17H14F3N3O2S/c1-23-16(11-15(21-23)12-5-3-2-4-6-12)22-26(24,25)14-9-7-13(8-10-14)17(18,19)20/h2-11,22H,1H3. The Labute approximate surface area is 148 Å². The van der Waals surface area contributed by atoms with E-state index in [1.807, 2.05) is 30.3 Å². The summed E-state index contributed by atoms with van der Waals surface area (Å²) in [4.78, 5) is -0.270. The van der Waals surface area contributed by atoms with Crippen LogP contribution in [0.2, 0.25) is 0 Å². The first kappa shape index (κ1) is 18.0. The topological polar surface area (TPSA) is 64.0 Å². The first-order valence-corrected chi connectivity index (χ1v) is 8.95. The quantitative estimate of drug-likeness (QED) is 0.745. The number of benzene rings is 2. The van der Waals surface area contributed by atoms with E-state index in [9.17, 15) is 21.6 Å². The second kappa shape index (κ2) is 6.49. The lowest BCUT2D eigenvalue weighted by atomic mass is 10.2. The van der Waals surface area contributed by atoms with Crippen molar-refractivity contribution in [2.75, 3.05) is 4.72 Å². The minimum absolute atomic E-state index is 0.198. The summed E-state index contributed by atoms with van der Waals surface area (Å²) >= 11 is 0. The molecule has 1 aromatic heterocycles. The third kappa shape index (κ3) is 3.72. The number of rotatable bonds is 4. The highest BCUT2D eigenvalue weighted by molar-refractivity contribution is 7.92. The number of anilines is 1. The van der Waals surface area contributed by atoms with E-state index in [0.29, 0.717) is 5.69 Å². The zero-order valence-corrected chi connectivity index (χ0v) is 14.3. The van der Waals surface area contributed by atoms with Gasteiger partial charge in [-0.3, -0.25) is 9.40 Å². The normalized spacial score (nSPS) is 12.2. The van der Waals surface area contributed by atoms with Crippen LogP contribution in [0.3, 0.4) is 0 Å². The van der Waals surface area contributed by atoms with E-state index in [1.54, 1.807) is 13.1 Å². The summed E-state index contributed by atoms with van der Waals surface area (Å²) in [7, 11) is -2.48. The van der Waals surface area contributed by atoms with Crippen LogP contribution in [0, 0.1) is 0 Å². The lowest BCUT2D eigenvalue weighted by molar-refractivity contribution is -0.137. The Hall–Kier alpha value is -2.81. The highest BCUT2D eigenvalue weighted by Crippen LogP contribution is 2.30. The fourth-order valence-electron chi connectivity index (χ4n) is 2.33. The molecular weight excluding hydrogens is 367 g/mol. The van der Waals surface area contributed by atoms with Crippen molar-refractivity contribution < 1.29 is 21.6 Å². The maximum absolute atomic E-state index is 12.6. The molecule has 0 atom stereocenters. The van der Waals surface area contributed by atoms with Crippen molar-refractivity contribution in [1.82, 2.24) is 9.78 Å². The summed E-state index contributed by atoms with van der Waals surface area (Å²) in [6, 6.07) is 14.0. The van der Waals surface area contributed by atoms with Gasteiger partial charge in [-0.1, -0.05) is 30.3 Å². The first-order valence-electron chi connectivity index (χ1n) is 7.46. The zero-order chi connectivity index (χ0) is 18.9. The van der Waals surface area contributed by atoms with E-state index in [2.05, 4.69) is 9.82 Å². The third-order valence-corrected chi connectivity index (χ3v) is 5.05. The lowest BCUT2D eigenvalue weighted by Gasteiger charge is -2.10.